The Balaban J connectivity index is 1.67. The number of anilines is 1. The van der Waals surface area contributed by atoms with Crippen LogP contribution >= 0.6 is 0 Å². The number of aryl methyl sites for hydroxylation is 2. The molecule has 2 aromatic carbocycles. The molecule has 1 aliphatic heterocycles. The second kappa shape index (κ2) is 8.33. The van der Waals surface area contributed by atoms with E-state index in [4.69, 9.17) is 9.47 Å². The molecule has 0 radical (unpaired) electrons. The second-order valence-electron chi connectivity index (χ2n) is 7.17. The van der Waals surface area contributed by atoms with E-state index in [2.05, 4.69) is 5.32 Å². The van der Waals surface area contributed by atoms with Crippen molar-refractivity contribution in [2.24, 2.45) is 5.92 Å². The molecule has 28 heavy (non-hydrogen) atoms. The van der Waals surface area contributed by atoms with E-state index in [1.807, 2.05) is 44.2 Å². The van der Waals surface area contributed by atoms with Gasteiger partial charge in [-0.15, -0.1) is 0 Å². The van der Waals surface area contributed by atoms with Crippen LogP contribution in [0.1, 0.15) is 23.1 Å². The highest BCUT2D eigenvalue weighted by molar-refractivity contribution is 5.98. The SMILES string of the molecule is COc1cc(C)c(NC(=O)C2CC(=O)N(Cc3ccc(C)cc3)C2)cc1OC. The molecular weight excluding hydrogens is 356 g/mol. The van der Waals surface area contributed by atoms with Crippen molar-refractivity contribution in [3.8, 4) is 11.5 Å². The molecule has 0 saturated carbocycles. The topological polar surface area (TPSA) is 67.9 Å². The lowest BCUT2D eigenvalue weighted by Gasteiger charge is -2.18. The van der Waals surface area contributed by atoms with Crippen LogP contribution in [-0.2, 0) is 16.1 Å². The van der Waals surface area contributed by atoms with E-state index >= 15 is 0 Å². The molecule has 1 saturated heterocycles. The summed E-state index contributed by atoms with van der Waals surface area (Å²) in [6.07, 6.45) is 0.226. The number of likely N-dealkylation sites (tertiary alicyclic amines) is 1. The fraction of sp³-hybridized carbons (Fsp3) is 0.364. The Kier molecular flexibility index (Phi) is 5.87. The predicted molar refractivity (Wildman–Crippen MR) is 108 cm³/mol. The van der Waals surface area contributed by atoms with Crippen molar-refractivity contribution in [1.82, 2.24) is 4.90 Å². The van der Waals surface area contributed by atoms with Crippen molar-refractivity contribution in [2.75, 3.05) is 26.1 Å². The second-order valence-corrected chi connectivity index (χ2v) is 7.17. The summed E-state index contributed by atoms with van der Waals surface area (Å²) in [5.41, 5.74) is 3.77. The first-order valence-electron chi connectivity index (χ1n) is 9.28. The van der Waals surface area contributed by atoms with Crippen LogP contribution < -0.4 is 14.8 Å². The van der Waals surface area contributed by atoms with Crippen LogP contribution in [0.5, 0.6) is 11.5 Å². The van der Waals surface area contributed by atoms with E-state index in [0.717, 1.165) is 11.1 Å². The predicted octanol–water partition coefficient (Wildman–Crippen LogP) is 3.31. The van der Waals surface area contributed by atoms with Crippen molar-refractivity contribution >= 4 is 17.5 Å². The number of methoxy groups -OCH3 is 2. The van der Waals surface area contributed by atoms with Gasteiger partial charge >= 0.3 is 0 Å². The number of hydrogen-bond donors (Lipinski definition) is 1. The van der Waals surface area contributed by atoms with Crippen molar-refractivity contribution < 1.29 is 19.1 Å². The molecule has 6 nitrogen and oxygen atoms in total. The Hall–Kier alpha value is -3.02. The Morgan fingerprint density at radius 3 is 2.39 bits per heavy atom. The molecule has 3 rings (SSSR count). The highest BCUT2D eigenvalue weighted by Crippen LogP contribution is 2.33. The lowest BCUT2D eigenvalue weighted by Crippen LogP contribution is -2.28. The maximum Gasteiger partial charge on any atom is 0.229 e. The molecule has 1 N–H and O–H groups in total. The average Bonchev–Trinajstić information content (AvgIpc) is 3.05. The summed E-state index contributed by atoms with van der Waals surface area (Å²) in [5.74, 6) is 0.635. The highest BCUT2D eigenvalue weighted by Gasteiger charge is 2.34. The van der Waals surface area contributed by atoms with Gasteiger partial charge in [-0.2, -0.15) is 0 Å². The molecule has 6 heteroatoms. The zero-order chi connectivity index (χ0) is 20.3. The quantitative estimate of drug-likeness (QED) is 0.832. The number of nitrogens with one attached hydrogen (secondary N) is 1. The normalized spacial score (nSPS) is 16.2. The molecule has 1 unspecified atom stereocenters. The molecule has 0 spiro atoms. The maximum atomic E-state index is 12.7. The standard InChI is InChI=1S/C22H26N2O4/c1-14-5-7-16(8-6-14)12-24-13-17(10-21(24)25)22(26)23-18-11-20(28-4)19(27-3)9-15(18)2/h5-9,11,17H,10,12-13H2,1-4H3,(H,23,26). The van der Waals surface area contributed by atoms with Crippen LogP contribution in [0.2, 0.25) is 0 Å². The Labute approximate surface area is 165 Å². The van der Waals surface area contributed by atoms with Gasteiger partial charge in [0.1, 0.15) is 0 Å². The van der Waals surface area contributed by atoms with E-state index in [1.165, 1.54) is 5.56 Å². The molecule has 0 aliphatic carbocycles. The van der Waals surface area contributed by atoms with E-state index in [-0.39, 0.29) is 24.2 Å². The minimum atomic E-state index is -0.370. The first kappa shape index (κ1) is 19.7. The molecule has 1 aliphatic rings. The van der Waals surface area contributed by atoms with Gasteiger partial charge in [-0.1, -0.05) is 29.8 Å². The molecule has 1 fully saturated rings. The van der Waals surface area contributed by atoms with E-state index < -0.39 is 0 Å². The van der Waals surface area contributed by atoms with Crippen LogP contribution in [0.3, 0.4) is 0 Å². The van der Waals surface area contributed by atoms with E-state index in [0.29, 0.717) is 30.3 Å². The average molecular weight is 382 g/mol. The van der Waals surface area contributed by atoms with Crippen LogP contribution in [0, 0.1) is 19.8 Å². The minimum Gasteiger partial charge on any atom is -0.493 e. The third-order valence-corrected chi connectivity index (χ3v) is 5.07. The fourth-order valence-corrected chi connectivity index (χ4v) is 3.36. The van der Waals surface area contributed by atoms with Crippen molar-refractivity contribution in [2.45, 2.75) is 26.8 Å². The van der Waals surface area contributed by atoms with Gasteiger partial charge in [-0.3, -0.25) is 9.59 Å². The van der Waals surface area contributed by atoms with Gasteiger partial charge in [0, 0.05) is 31.3 Å². The van der Waals surface area contributed by atoms with Gasteiger partial charge in [0.05, 0.1) is 20.1 Å². The molecule has 1 atom stereocenters. The first-order valence-corrected chi connectivity index (χ1v) is 9.28. The van der Waals surface area contributed by atoms with Gasteiger partial charge in [-0.25, -0.2) is 0 Å². The first-order chi connectivity index (χ1) is 13.4. The van der Waals surface area contributed by atoms with E-state index in [9.17, 15) is 9.59 Å². The highest BCUT2D eigenvalue weighted by atomic mass is 16.5. The number of ether oxygens (including phenoxy) is 2. The third kappa shape index (κ3) is 4.27. The summed E-state index contributed by atoms with van der Waals surface area (Å²) in [6.45, 7) is 4.87. The van der Waals surface area contributed by atoms with Crippen molar-refractivity contribution in [1.29, 1.82) is 0 Å². The summed E-state index contributed by atoms with van der Waals surface area (Å²) in [7, 11) is 3.12. The summed E-state index contributed by atoms with van der Waals surface area (Å²) < 4.78 is 10.6. The summed E-state index contributed by atoms with van der Waals surface area (Å²) >= 11 is 0. The van der Waals surface area contributed by atoms with E-state index in [1.54, 1.807) is 25.2 Å². The number of hydrogen-bond acceptors (Lipinski definition) is 4. The third-order valence-electron chi connectivity index (χ3n) is 5.07. The molecule has 148 valence electrons. The summed E-state index contributed by atoms with van der Waals surface area (Å²) in [6, 6.07) is 11.6. The monoisotopic (exact) mass is 382 g/mol. The van der Waals surface area contributed by atoms with Crippen LogP contribution in [-0.4, -0.2) is 37.5 Å². The van der Waals surface area contributed by atoms with Crippen molar-refractivity contribution in [3.63, 3.8) is 0 Å². The molecule has 1 heterocycles. The van der Waals surface area contributed by atoms with Gasteiger partial charge in [-0.05, 0) is 31.0 Å². The number of benzene rings is 2. The lowest BCUT2D eigenvalue weighted by atomic mass is 10.1. The summed E-state index contributed by atoms with van der Waals surface area (Å²) in [4.78, 5) is 26.9. The molecular formula is C22H26N2O4. The summed E-state index contributed by atoms with van der Waals surface area (Å²) in [5, 5.41) is 2.94. The number of nitrogens with zero attached hydrogens (tertiary/aromatic N) is 1. The smallest absolute Gasteiger partial charge is 0.229 e. The van der Waals surface area contributed by atoms with Crippen LogP contribution in [0.25, 0.3) is 0 Å². The minimum absolute atomic E-state index is 0.00441. The maximum absolute atomic E-state index is 12.7. The number of carbonyl (C=O) groups is 2. The van der Waals surface area contributed by atoms with Crippen LogP contribution in [0.15, 0.2) is 36.4 Å². The molecule has 2 aromatic rings. The Bertz CT molecular complexity index is 877. The Morgan fingerprint density at radius 1 is 1.11 bits per heavy atom. The molecule has 0 bridgehead atoms. The van der Waals surface area contributed by atoms with Gasteiger partial charge in [0.25, 0.3) is 0 Å². The number of amides is 2. The largest absolute Gasteiger partial charge is 0.493 e. The van der Waals surface area contributed by atoms with Gasteiger partial charge in [0.2, 0.25) is 11.8 Å². The molecule has 0 aromatic heterocycles. The lowest BCUT2D eigenvalue weighted by molar-refractivity contribution is -0.128. The molecule has 2 amide bonds. The fourth-order valence-electron chi connectivity index (χ4n) is 3.36. The van der Waals surface area contributed by atoms with Gasteiger partial charge in [0.15, 0.2) is 11.5 Å². The number of carbonyl (C=O) groups excluding carboxylic acids is 2. The zero-order valence-corrected chi connectivity index (χ0v) is 16.7. The number of rotatable bonds is 6. The zero-order valence-electron chi connectivity index (χ0n) is 16.7. The van der Waals surface area contributed by atoms with Crippen molar-refractivity contribution in [3.05, 3.63) is 53.1 Å². The Morgan fingerprint density at radius 2 is 1.75 bits per heavy atom. The van der Waals surface area contributed by atoms with Gasteiger partial charge < -0.3 is 19.7 Å². The van der Waals surface area contributed by atoms with Crippen LogP contribution in [0.4, 0.5) is 5.69 Å².